The van der Waals surface area contributed by atoms with E-state index in [2.05, 4.69) is 4.98 Å². The Morgan fingerprint density at radius 2 is 2.31 bits per heavy atom. The molecule has 0 saturated carbocycles. The van der Waals surface area contributed by atoms with Gasteiger partial charge in [0.25, 0.3) is 0 Å². The van der Waals surface area contributed by atoms with Crippen molar-refractivity contribution in [1.82, 2.24) is 4.98 Å². The molecule has 0 unspecified atom stereocenters. The van der Waals surface area contributed by atoms with Crippen molar-refractivity contribution >= 4 is 11.9 Å². The molecule has 0 aliphatic heterocycles. The zero-order valence-electron chi connectivity index (χ0n) is 7.83. The van der Waals surface area contributed by atoms with Crippen LogP contribution in [0.15, 0.2) is 18.3 Å². The van der Waals surface area contributed by atoms with Crippen LogP contribution in [0.25, 0.3) is 6.08 Å². The average Bonchev–Trinajstić information content (AvgIpc) is 2.11. The molecule has 1 heterocycles. The van der Waals surface area contributed by atoms with Gasteiger partial charge in [-0.3, -0.25) is 0 Å². The summed E-state index contributed by atoms with van der Waals surface area (Å²) >= 11 is 0. The standard InChI is InChI=1S/C10H15N3/c1-8-6-9(4-2-3-5-11)10(12)13-7-8/h2,4,6-7H,3,5,11H2,1H3,(H2,12,13). The molecule has 3 nitrogen and oxygen atoms in total. The van der Waals surface area contributed by atoms with Gasteiger partial charge in [0.15, 0.2) is 0 Å². The van der Waals surface area contributed by atoms with Crippen LogP contribution in [-0.4, -0.2) is 11.5 Å². The maximum atomic E-state index is 5.68. The predicted octanol–water partition coefficient (Wildman–Crippen LogP) is 1.33. The molecule has 0 aromatic carbocycles. The summed E-state index contributed by atoms with van der Waals surface area (Å²) in [7, 11) is 0. The van der Waals surface area contributed by atoms with Crippen molar-refractivity contribution < 1.29 is 0 Å². The molecule has 4 N–H and O–H groups in total. The van der Waals surface area contributed by atoms with E-state index >= 15 is 0 Å². The minimum Gasteiger partial charge on any atom is -0.383 e. The molecule has 3 heteroatoms. The van der Waals surface area contributed by atoms with Crippen LogP contribution in [0.1, 0.15) is 17.5 Å². The number of nitrogens with two attached hydrogens (primary N) is 2. The number of hydrogen-bond acceptors (Lipinski definition) is 3. The van der Waals surface area contributed by atoms with E-state index in [0.29, 0.717) is 12.4 Å². The zero-order valence-corrected chi connectivity index (χ0v) is 7.83. The molecule has 13 heavy (non-hydrogen) atoms. The third-order valence-corrected chi connectivity index (χ3v) is 1.72. The Kier molecular flexibility index (Phi) is 3.46. The van der Waals surface area contributed by atoms with E-state index in [4.69, 9.17) is 11.5 Å². The Balaban J connectivity index is 2.81. The molecule has 0 fully saturated rings. The van der Waals surface area contributed by atoms with Crippen molar-refractivity contribution in [2.45, 2.75) is 13.3 Å². The van der Waals surface area contributed by atoms with Crippen molar-refractivity contribution in [3.63, 3.8) is 0 Å². The van der Waals surface area contributed by atoms with Gasteiger partial charge in [0.2, 0.25) is 0 Å². The first-order valence-electron chi connectivity index (χ1n) is 4.33. The van der Waals surface area contributed by atoms with E-state index in [1.807, 2.05) is 25.1 Å². The van der Waals surface area contributed by atoms with Gasteiger partial charge in [-0.25, -0.2) is 4.98 Å². The highest BCUT2D eigenvalue weighted by atomic mass is 14.8. The molecule has 1 rings (SSSR count). The van der Waals surface area contributed by atoms with Gasteiger partial charge in [-0.05, 0) is 31.5 Å². The molecule has 0 aliphatic carbocycles. The maximum Gasteiger partial charge on any atom is 0.130 e. The summed E-state index contributed by atoms with van der Waals surface area (Å²) in [6.45, 7) is 2.66. The van der Waals surface area contributed by atoms with E-state index in [1.165, 1.54) is 0 Å². The van der Waals surface area contributed by atoms with Crippen molar-refractivity contribution in [2.75, 3.05) is 12.3 Å². The van der Waals surface area contributed by atoms with Crippen molar-refractivity contribution in [3.8, 4) is 0 Å². The number of aromatic nitrogens is 1. The second-order valence-corrected chi connectivity index (χ2v) is 2.97. The van der Waals surface area contributed by atoms with Crippen LogP contribution in [0.3, 0.4) is 0 Å². The maximum absolute atomic E-state index is 5.68. The summed E-state index contributed by atoms with van der Waals surface area (Å²) in [6.07, 6.45) is 6.60. The van der Waals surface area contributed by atoms with E-state index in [1.54, 1.807) is 6.20 Å². The third kappa shape index (κ3) is 2.87. The molecule has 1 aromatic rings. The van der Waals surface area contributed by atoms with Crippen molar-refractivity contribution in [1.29, 1.82) is 0 Å². The van der Waals surface area contributed by atoms with E-state index < -0.39 is 0 Å². The lowest BCUT2D eigenvalue weighted by atomic mass is 10.2. The van der Waals surface area contributed by atoms with Gasteiger partial charge in [0, 0.05) is 11.8 Å². The monoisotopic (exact) mass is 177 g/mol. The number of pyridine rings is 1. The second kappa shape index (κ2) is 4.62. The van der Waals surface area contributed by atoms with Crippen molar-refractivity contribution in [3.05, 3.63) is 29.5 Å². The summed E-state index contributed by atoms with van der Waals surface area (Å²) < 4.78 is 0. The lowest BCUT2D eigenvalue weighted by molar-refractivity contribution is 1.01. The minimum atomic E-state index is 0.568. The molecule has 0 bridgehead atoms. The topological polar surface area (TPSA) is 64.9 Å². The van der Waals surface area contributed by atoms with Gasteiger partial charge in [-0.15, -0.1) is 0 Å². The molecule has 0 atom stereocenters. The average molecular weight is 177 g/mol. The normalized spacial score (nSPS) is 10.9. The van der Waals surface area contributed by atoms with Crippen LogP contribution in [0.5, 0.6) is 0 Å². The molecular weight excluding hydrogens is 162 g/mol. The minimum absolute atomic E-state index is 0.568. The smallest absolute Gasteiger partial charge is 0.130 e. The molecular formula is C10H15N3. The van der Waals surface area contributed by atoms with E-state index in [9.17, 15) is 0 Å². The second-order valence-electron chi connectivity index (χ2n) is 2.97. The van der Waals surface area contributed by atoms with E-state index in [-0.39, 0.29) is 0 Å². The number of rotatable bonds is 3. The fourth-order valence-electron chi connectivity index (χ4n) is 1.04. The first-order chi connectivity index (χ1) is 6.24. The summed E-state index contributed by atoms with van der Waals surface area (Å²) in [5.41, 5.74) is 13.1. The SMILES string of the molecule is Cc1cnc(N)c(C=CCCN)c1. The summed E-state index contributed by atoms with van der Waals surface area (Å²) in [6, 6.07) is 2.01. The highest BCUT2D eigenvalue weighted by Crippen LogP contribution is 2.12. The predicted molar refractivity (Wildman–Crippen MR) is 56.1 cm³/mol. The molecule has 0 radical (unpaired) electrons. The van der Waals surface area contributed by atoms with Crippen LogP contribution in [0.2, 0.25) is 0 Å². The van der Waals surface area contributed by atoms with Crippen LogP contribution >= 0.6 is 0 Å². The Morgan fingerprint density at radius 3 is 3.00 bits per heavy atom. The van der Waals surface area contributed by atoms with Crippen LogP contribution in [0.4, 0.5) is 5.82 Å². The number of nitrogen functional groups attached to an aromatic ring is 1. The highest BCUT2D eigenvalue weighted by Gasteiger charge is 1.95. The quantitative estimate of drug-likeness (QED) is 0.732. The molecule has 1 aromatic heterocycles. The molecule has 0 saturated heterocycles. The fourth-order valence-corrected chi connectivity index (χ4v) is 1.04. The Morgan fingerprint density at radius 1 is 1.54 bits per heavy atom. The zero-order chi connectivity index (χ0) is 9.68. The molecule has 0 aliphatic rings. The lowest BCUT2D eigenvalue weighted by Gasteiger charge is -1.99. The number of hydrogen-bond donors (Lipinski definition) is 2. The summed E-state index contributed by atoms with van der Waals surface area (Å²) in [4.78, 5) is 4.05. The van der Waals surface area contributed by atoms with Gasteiger partial charge >= 0.3 is 0 Å². The lowest BCUT2D eigenvalue weighted by Crippen LogP contribution is -1.96. The van der Waals surface area contributed by atoms with Gasteiger partial charge in [0.05, 0.1) is 0 Å². The van der Waals surface area contributed by atoms with Gasteiger partial charge in [-0.1, -0.05) is 12.2 Å². The largest absolute Gasteiger partial charge is 0.383 e. The first kappa shape index (κ1) is 9.74. The summed E-state index contributed by atoms with van der Waals surface area (Å²) in [5.74, 6) is 0.568. The fraction of sp³-hybridized carbons (Fsp3) is 0.300. The summed E-state index contributed by atoms with van der Waals surface area (Å²) in [5, 5.41) is 0. The Bertz CT molecular complexity index is 305. The van der Waals surface area contributed by atoms with Crippen LogP contribution in [0, 0.1) is 6.92 Å². The number of aryl methyl sites for hydroxylation is 1. The molecule has 0 amide bonds. The first-order valence-corrected chi connectivity index (χ1v) is 4.33. The van der Waals surface area contributed by atoms with Crippen LogP contribution < -0.4 is 11.5 Å². The van der Waals surface area contributed by atoms with Gasteiger partial charge < -0.3 is 11.5 Å². The number of nitrogens with zero attached hydrogens (tertiary/aromatic N) is 1. The Hall–Kier alpha value is -1.35. The molecule has 70 valence electrons. The van der Waals surface area contributed by atoms with Crippen LogP contribution in [-0.2, 0) is 0 Å². The highest BCUT2D eigenvalue weighted by molar-refractivity contribution is 5.61. The van der Waals surface area contributed by atoms with Crippen molar-refractivity contribution in [2.24, 2.45) is 5.73 Å². The Labute approximate surface area is 78.5 Å². The van der Waals surface area contributed by atoms with Gasteiger partial charge in [0.1, 0.15) is 5.82 Å². The number of anilines is 1. The third-order valence-electron chi connectivity index (χ3n) is 1.72. The van der Waals surface area contributed by atoms with Gasteiger partial charge in [-0.2, -0.15) is 0 Å². The molecule has 0 spiro atoms. The van der Waals surface area contributed by atoms with E-state index in [0.717, 1.165) is 17.5 Å².